The average Bonchev–Trinajstić information content (AvgIpc) is 1.42. The second-order valence-electron chi connectivity index (χ2n) is 21.3. The van der Waals surface area contributed by atoms with Gasteiger partial charge in [-0.2, -0.15) is 0 Å². The van der Waals surface area contributed by atoms with Crippen LogP contribution in [0.2, 0.25) is 0 Å². The number of benzene rings is 10. The number of hydrogen-bond acceptors (Lipinski definition) is 8. The van der Waals surface area contributed by atoms with Gasteiger partial charge in [-0.15, -0.1) is 0 Å². The lowest BCUT2D eigenvalue weighted by atomic mass is 9.46. The third-order valence-corrected chi connectivity index (χ3v) is 16.5. The molecule has 8 nitrogen and oxygen atoms in total. The van der Waals surface area contributed by atoms with E-state index in [1.165, 1.54) is 0 Å². The first-order valence-corrected chi connectivity index (χ1v) is 28.7. The third kappa shape index (κ3) is 8.21. The molecule has 0 amide bonds. The molecule has 0 aliphatic heterocycles. The Kier molecular flexibility index (Phi) is 12.6. The number of nitrogens with zero attached hydrogens (tertiary/aromatic N) is 8. The van der Waals surface area contributed by atoms with Gasteiger partial charge in [0.1, 0.15) is 34.1 Å². The van der Waals surface area contributed by atoms with E-state index < -0.39 is 10.8 Å². The monoisotopic (exact) mass is 1080 g/mol. The summed E-state index contributed by atoms with van der Waals surface area (Å²) in [6.45, 7) is 0. The molecule has 10 aromatic carbocycles. The van der Waals surface area contributed by atoms with E-state index in [1.54, 1.807) is 0 Å². The van der Waals surface area contributed by atoms with Gasteiger partial charge in [0.25, 0.3) is 0 Å². The lowest BCUT2D eigenvalue weighted by molar-refractivity contribution is 0.518. The van der Waals surface area contributed by atoms with Crippen molar-refractivity contribution in [3.05, 3.63) is 366 Å². The van der Waals surface area contributed by atoms with Crippen molar-refractivity contribution >= 4 is 63.1 Å². The Labute approximate surface area is 490 Å². The molecule has 0 radical (unpaired) electrons. The fraction of sp³-hybridized carbons (Fsp3) is 0.0526. The van der Waals surface area contributed by atoms with Gasteiger partial charge in [-0.25, -0.2) is 19.9 Å². The second-order valence-corrected chi connectivity index (χ2v) is 21.3. The smallest absolute Gasteiger partial charge is 0.152 e. The number of anilines is 11. The summed E-state index contributed by atoms with van der Waals surface area (Å²) < 4.78 is 0. The van der Waals surface area contributed by atoms with Crippen molar-refractivity contribution in [2.45, 2.75) is 23.7 Å². The Hall–Kier alpha value is -11.0. The molecule has 4 aliphatic rings. The molecular formula is C76H56N8. The Balaban J connectivity index is 1.06. The van der Waals surface area contributed by atoms with Crippen molar-refractivity contribution < 1.29 is 0 Å². The summed E-state index contributed by atoms with van der Waals surface area (Å²) in [5.74, 6) is 4.16. The molecule has 8 heteroatoms. The van der Waals surface area contributed by atoms with Crippen LogP contribution in [0.5, 0.6) is 0 Å². The number of rotatable bonds is 14. The summed E-state index contributed by atoms with van der Waals surface area (Å²) in [6, 6.07) is 105. The van der Waals surface area contributed by atoms with Gasteiger partial charge in [0.2, 0.25) is 0 Å². The van der Waals surface area contributed by atoms with Crippen LogP contribution in [-0.2, 0) is 10.8 Å². The molecule has 12 aromatic rings. The predicted molar refractivity (Wildman–Crippen MR) is 340 cm³/mol. The molecule has 0 saturated carbocycles. The van der Waals surface area contributed by atoms with Crippen molar-refractivity contribution in [3.63, 3.8) is 0 Å². The first kappa shape index (κ1) is 50.0. The maximum Gasteiger partial charge on any atom is 0.152 e. The molecule has 2 aromatic heterocycles. The Morgan fingerprint density at radius 1 is 0.250 bits per heavy atom. The molecule has 0 unspecified atom stereocenters. The molecule has 4 aliphatic carbocycles. The minimum Gasteiger partial charge on any atom is -0.295 e. The summed E-state index contributed by atoms with van der Waals surface area (Å²) in [5.41, 5.74) is 12.1. The summed E-state index contributed by atoms with van der Waals surface area (Å²) in [6.07, 6.45) is 8.70. The topological polar surface area (TPSA) is 64.5 Å². The van der Waals surface area contributed by atoms with Crippen LogP contribution < -0.4 is 19.6 Å². The maximum absolute atomic E-state index is 6.02. The van der Waals surface area contributed by atoms with E-state index in [0.29, 0.717) is 23.3 Å². The van der Waals surface area contributed by atoms with Gasteiger partial charge in [0.05, 0.1) is 0 Å². The van der Waals surface area contributed by atoms with E-state index in [2.05, 4.69) is 335 Å². The molecule has 2 heterocycles. The van der Waals surface area contributed by atoms with Crippen LogP contribution in [0.3, 0.4) is 0 Å². The fourth-order valence-corrected chi connectivity index (χ4v) is 13.1. The minimum atomic E-state index is -1.07. The van der Waals surface area contributed by atoms with Crippen LogP contribution in [-0.4, -0.2) is 19.9 Å². The zero-order valence-corrected chi connectivity index (χ0v) is 46.0. The van der Waals surface area contributed by atoms with Crippen LogP contribution in [0.25, 0.3) is 0 Å². The van der Waals surface area contributed by atoms with E-state index in [4.69, 9.17) is 19.9 Å². The van der Waals surface area contributed by atoms with Crippen LogP contribution in [0.4, 0.5) is 63.1 Å². The number of para-hydroxylation sites is 7. The van der Waals surface area contributed by atoms with Crippen molar-refractivity contribution in [1.29, 1.82) is 0 Å². The molecular weight excluding hydrogens is 1020 g/mol. The zero-order valence-electron chi connectivity index (χ0n) is 46.0. The van der Waals surface area contributed by atoms with E-state index in [1.807, 2.05) is 0 Å². The fourth-order valence-electron chi connectivity index (χ4n) is 13.1. The van der Waals surface area contributed by atoms with E-state index in [9.17, 15) is 0 Å². The lowest BCUT2D eigenvalue weighted by Crippen LogP contribution is -2.53. The summed E-state index contributed by atoms with van der Waals surface area (Å²) in [7, 11) is 0. The number of hydrogen-bond donors (Lipinski definition) is 0. The molecule has 84 heavy (non-hydrogen) atoms. The average molecular weight is 1080 g/mol. The first-order valence-electron chi connectivity index (χ1n) is 28.7. The van der Waals surface area contributed by atoms with Gasteiger partial charge >= 0.3 is 0 Å². The third-order valence-electron chi connectivity index (χ3n) is 16.5. The summed E-state index contributed by atoms with van der Waals surface area (Å²) in [4.78, 5) is 33.1. The van der Waals surface area contributed by atoms with E-state index in [-0.39, 0.29) is 0 Å². The van der Waals surface area contributed by atoms with Gasteiger partial charge in [-0.05, 0) is 137 Å². The highest BCUT2D eigenvalue weighted by atomic mass is 15.3. The summed E-state index contributed by atoms with van der Waals surface area (Å²) >= 11 is 0. The molecule has 400 valence electrons. The Morgan fingerprint density at radius 3 is 0.714 bits per heavy atom. The van der Waals surface area contributed by atoms with Crippen LogP contribution >= 0.6 is 0 Å². The first-order chi connectivity index (χ1) is 41.7. The van der Waals surface area contributed by atoms with Crippen molar-refractivity contribution in [1.82, 2.24) is 19.9 Å². The van der Waals surface area contributed by atoms with Crippen LogP contribution in [0, 0.1) is 0 Å². The van der Waals surface area contributed by atoms with Gasteiger partial charge < -0.3 is 0 Å². The minimum absolute atomic E-state index is 0.630. The summed E-state index contributed by atoms with van der Waals surface area (Å²) in [5, 5.41) is 0. The highest BCUT2D eigenvalue weighted by molar-refractivity contribution is 5.86. The standard InChI is InChI=1S/C76H56N8/c1-9-31-55(32-10-1)81(56-33-11-2-12-34-56)69-53-70(82(57-35-13-3-14-36-57)58-37-15-4-16-38-58)78-73(77-69)75-63-47-25-28-50-66(63)76(67-51-29-26-48-64(67)75,68-52-30-27-49-65(68)75)74-79-71(83(59-39-17-5-18-40-59)60-41-19-6-20-42-60)54-72(80-74)84(61-43-21-7-22-44-61)62-45-23-8-24-46-62/h1-7,9-23,25-54H,8,24H2. The SMILES string of the molecule is C1=CC(N(c2ccccc2)c2cc(N(c3ccccc3)c3ccccc3)nc(C34c5ccccc5C(c5nc(N(c6ccccc6)c6ccccc6)cc(N(c6ccccc6)c6ccccc6)n5)(c5ccccc53)c3ccccc34)n2)=CCC1. The van der Waals surface area contributed by atoms with Crippen LogP contribution in [0.1, 0.15) is 57.9 Å². The van der Waals surface area contributed by atoms with E-state index in [0.717, 1.165) is 103 Å². The quantitative estimate of drug-likeness (QED) is 0.107. The van der Waals surface area contributed by atoms with Crippen molar-refractivity contribution in [2.75, 3.05) is 19.6 Å². The van der Waals surface area contributed by atoms with Crippen molar-refractivity contribution in [3.8, 4) is 0 Å². The predicted octanol–water partition coefficient (Wildman–Crippen LogP) is 18.4. The molecule has 16 rings (SSSR count). The van der Waals surface area contributed by atoms with Crippen molar-refractivity contribution in [2.24, 2.45) is 0 Å². The molecule has 0 saturated heterocycles. The van der Waals surface area contributed by atoms with Gasteiger partial charge in [-0.1, -0.05) is 212 Å². The Morgan fingerprint density at radius 2 is 0.476 bits per heavy atom. The second kappa shape index (κ2) is 21.2. The normalized spacial score (nSPS) is 16.1. The van der Waals surface area contributed by atoms with E-state index >= 15 is 0 Å². The Bertz CT molecular complexity index is 4050. The number of aromatic nitrogens is 4. The van der Waals surface area contributed by atoms with Crippen LogP contribution in [0.15, 0.2) is 321 Å². The molecule has 0 spiro atoms. The zero-order chi connectivity index (χ0) is 55.9. The lowest BCUT2D eigenvalue weighted by Gasteiger charge is -2.55. The highest BCUT2D eigenvalue weighted by Gasteiger charge is 2.63. The molecule has 0 atom stereocenters. The molecule has 0 N–H and O–H groups in total. The van der Waals surface area contributed by atoms with Gasteiger partial charge in [0, 0.05) is 57.6 Å². The maximum atomic E-state index is 6.02. The largest absolute Gasteiger partial charge is 0.295 e. The highest BCUT2D eigenvalue weighted by Crippen LogP contribution is 2.66. The van der Waals surface area contributed by atoms with Gasteiger partial charge in [-0.3, -0.25) is 19.6 Å². The number of allylic oxidation sites excluding steroid dienone is 3. The molecule has 0 fully saturated rings. The molecule has 2 bridgehead atoms. The van der Waals surface area contributed by atoms with Gasteiger partial charge in [0.15, 0.2) is 11.6 Å².